The molecule has 0 radical (unpaired) electrons. The van der Waals surface area contributed by atoms with Gasteiger partial charge in [-0.3, -0.25) is 9.52 Å². The number of carbonyl (C=O) groups excluding carboxylic acids is 1. The van der Waals surface area contributed by atoms with Gasteiger partial charge in [-0.05, 0) is 61.7 Å². The zero-order valence-electron chi connectivity index (χ0n) is 19.9. The lowest BCUT2D eigenvalue weighted by Crippen LogP contribution is -2.41. The van der Waals surface area contributed by atoms with E-state index in [1.165, 1.54) is 16.4 Å². The molecule has 0 aliphatic carbocycles. The first-order valence-corrected chi connectivity index (χ1v) is 14.7. The van der Waals surface area contributed by atoms with Gasteiger partial charge in [-0.2, -0.15) is 0 Å². The number of aryl methyl sites for hydroxylation is 1. The van der Waals surface area contributed by atoms with Crippen molar-refractivity contribution in [2.75, 3.05) is 23.1 Å². The second kappa shape index (κ2) is 10.8. The summed E-state index contributed by atoms with van der Waals surface area (Å²) in [6.45, 7) is 2.49. The number of amides is 1. The van der Waals surface area contributed by atoms with Crippen molar-refractivity contribution in [2.24, 2.45) is 5.92 Å². The number of benzene rings is 3. The molecule has 10 heteroatoms. The number of carbonyl (C=O) groups is 1. The van der Waals surface area contributed by atoms with Crippen molar-refractivity contribution in [2.45, 2.75) is 30.4 Å². The van der Waals surface area contributed by atoms with Gasteiger partial charge in [0.2, 0.25) is 15.9 Å². The van der Waals surface area contributed by atoms with E-state index in [1.54, 1.807) is 36.4 Å². The number of hydrogen-bond acceptors (Lipinski definition) is 5. The molecule has 1 aliphatic rings. The third-order valence-electron chi connectivity index (χ3n) is 6.15. The van der Waals surface area contributed by atoms with Crippen molar-refractivity contribution in [3.8, 4) is 0 Å². The van der Waals surface area contributed by atoms with Crippen molar-refractivity contribution in [1.29, 1.82) is 0 Å². The maximum Gasteiger partial charge on any atom is 0.261 e. The molecule has 0 bridgehead atoms. The summed E-state index contributed by atoms with van der Waals surface area (Å²) in [5.41, 5.74) is 2.71. The molecular formula is C26H29N3O5S2. The highest BCUT2D eigenvalue weighted by atomic mass is 32.2. The molecule has 0 unspecified atom stereocenters. The average molecular weight is 528 g/mol. The van der Waals surface area contributed by atoms with Crippen LogP contribution in [0, 0.1) is 12.8 Å². The molecule has 1 saturated heterocycles. The molecule has 1 fully saturated rings. The van der Waals surface area contributed by atoms with Crippen LogP contribution in [0.4, 0.5) is 11.4 Å². The largest absolute Gasteiger partial charge is 0.326 e. The summed E-state index contributed by atoms with van der Waals surface area (Å²) in [5.74, 6) is -0.582. The Hall–Kier alpha value is -3.21. The van der Waals surface area contributed by atoms with Crippen LogP contribution < -0.4 is 10.0 Å². The van der Waals surface area contributed by atoms with Crippen molar-refractivity contribution in [3.05, 3.63) is 90.0 Å². The van der Waals surface area contributed by atoms with Gasteiger partial charge in [-0.25, -0.2) is 21.1 Å². The van der Waals surface area contributed by atoms with E-state index in [9.17, 15) is 21.6 Å². The van der Waals surface area contributed by atoms with Gasteiger partial charge in [-0.1, -0.05) is 48.0 Å². The molecule has 0 aromatic heterocycles. The fourth-order valence-corrected chi connectivity index (χ4v) is 6.69. The van der Waals surface area contributed by atoms with E-state index in [2.05, 4.69) is 10.0 Å². The van der Waals surface area contributed by atoms with Gasteiger partial charge in [0.15, 0.2) is 0 Å². The average Bonchev–Trinajstić information content (AvgIpc) is 2.86. The second-order valence-corrected chi connectivity index (χ2v) is 12.6. The summed E-state index contributed by atoms with van der Waals surface area (Å²) in [5, 5.41) is 2.82. The van der Waals surface area contributed by atoms with Gasteiger partial charge in [0, 0.05) is 30.4 Å². The number of sulfonamides is 2. The van der Waals surface area contributed by atoms with Crippen molar-refractivity contribution >= 4 is 37.3 Å². The van der Waals surface area contributed by atoms with Crippen LogP contribution in [0.25, 0.3) is 0 Å². The Morgan fingerprint density at radius 3 is 2.03 bits per heavy atom. The number of anilines is 2. The third kappa shape index (κ3) is 6.51. The van der Waals surface area contributed by atoms with E-state index in [1.807, 2.05) is 37.3 Å². The van der Waals surface area contributed by atoms with Gasteiger partial charge in [0.1, 0.15) is 0 Å². The molecule has 0 spiro atoms. The number of hydrogen-bond donors (Lipinski definition) is 2. The molecule has 0 atom stereocenters. The molecule has 3 aromatic carbocycles. The molecule has 0 saturated carbocycles. The van der Waals surface area contributed by atoms with E-state index in [0.717, 1.165) is 11.1 Å². The molecular weight excluding hydrogens is 498 g/mol. The summed E-state index contributed by atoms with van der Waals surface area (Å²) >= 11 is 0. The predicted octanol–water partition coefficient (Wildman–Crippen LogP) is 3.98. The van der Waals surface area contributed by atoms with Crippen LogP contribution >= 0.6 is 0 Å². The molecule has 1 heterocycles. The molecule has 3 aromatic rings. The molecule has 1 amide bonds. The lowest BCUT2D eigenvalue weighted by molar-refractivity contribution is -0.120. The van der Waals surface area contributed by atoms with Crippen LogP contribution in [0.15, 0.2) is 83.8 Å². The zero-order chi connectivity index (χ0) is 25.8. The quantitative estimate of drug-likeness (QED) is 0.460. The topological polar surface area (TPSA) is 113 Å². The number of rotatable bonds is 8. The summed E-state index contributed by atoms with van der Waals surface area (Å²) in [7, 11) is -7.21. The second-order valence-electron chi connectivity index (χ2n) is 8.90. The Morgan fingerprint density at radius 2 is 1.42 bits per heavy atom. The zero-order valence-corrected chi connectivity index (χ0v) is 21.6. The molecule has 190 valence electrons. The summed E-state index contributed by atoms with van der Waals surface area (Å²) < 4.78 is 54.7. The number of piperidine rings is 1. The number of nitrogens with zero attached hydrogens (tertiary/aromatic N) is 1. The highest BCUT2D eigenvalue weighted by Gasteiger charge is 2.31. The number of nitrogens with one attached hydrogen (secondary N) is 2. The molecule has 8 nitrogen and oxygen atoms in total. The smallest absolute Gasteiger partial charge is 0.261 e. The standard InChI is InChI=1S/C26H29N3O5S2/c1-20-7-9-24(10-8-20)28-36(33,34)25-13-11-23(12-14-25)27-26(30)22-15-17-29(18-16-22)35(31,32)19-21-5-3-2-4-6-21/h2-14,22,28H,15-19H2,1H3,(H,27,30). The molecule has 1 aliphatic heterocycles. The van der Waals surface area contributed by atoms with Gasteiger partial charge >= 0.3 is 0 Å². The van der Waals surface area contributed by atoms with Crippen molar-refractivity contribution in [1.82, 2.24) is 4.31 Å². The van der Waals surface area contributed by atoms with Gasteiger partial charge < -0.3 is 5.32 Å². The first-order valence-electron chi connectivity index (χ1n) is 11.6. The monoisotopic (exact) mass is 527 g/mol. The van der Waals surface area contributed by atoms with Crippen LogP contribution in [0.3, 0.4) is 0 Å². The minimum atomic E-state index is -3.76. The van der Waals surface area contributed by atoms with Gasteiger partial charge in [0.25, 0.3) is 10.0 Å². The molecule has 4 rings (SSSR count). The fourth-order valence-electron chi connectivity index (χ4n) is 4.07. The van der Waals surface area contributed by atoms with Crippen LogP contribution in [0.1, 0.15) is 24.0 Å². The minimum Gasteiger partial charge on any atom is -0.326 e. The lowest BCUT2D eigenvalue weighted by atomic mass is 9.97. The van der Waals surface area contributed by atoms with Crippen molar-refractivity contribution < 1.29 is 21.6 Å². The van der Waals surface area contributed by atoms with Gasteiger partial charge in [-0.15, -0.1) is 0 Å². The highest BCUT2D eigenvalue weighted by Crippen LogP contribution is 2.24. The van der Waals surface area contributed by atoms with E-state index in [-0.39, 0.29) is 35.6 Å². The Bertz CT molecular complexity index is 1400. The van der Waals surface area contributed by atoms with E-state index >= 15 is 0 Å². The summed E-state index contributed by atoms with van der Waals surface area (Å²) in [4.78, 5) is 12.8. The van der Waals surface area contributed by atoms with Crippen LogP contribution in [0.2, 0.25) is 0 Å². The Balaban J connectivity index is 1.31. The Kier molecular flexibility index (Phi) is 7.77. The molecule has 36 heavy (non-hydrogen) atoms. The third-order valence-corrected chi connectivity index (χ3v) is 9.39. The van der Waals surface area contributed by atoms with E-state index in [0.29, 0.717) is 24.2 Å². The maximum atomic E-state index is 12.8. The molecule has 2 N–H and O–H groups in total. The van der Waals surface area contributed by atoms with Crippen molar-refractivity contribution in [3.63, 3.8) is 0 Å². The minimum absolute atomic E-state index is 0.0568. The fraction of sp³-hybridized carbons (Fsp3) is 0.269. The predicted molar refractivity (Wildman–Crippen MR) is 140 cm³/mol. The van der Waals surface area contributed by atoms with E-state index in [4.69, 9.17) is 0 Å². The SMILES string of the molecule is Cc1ccc(NS(=O)(=O)c2ccc(NC(=O)C3CCN(S(=O)(=O)Cc4ccccc4)CC3)cc2)cc1. The normalized spacial score (nSPS) is 15.4. The summed E-state index contributed by atoms with van der Waals surface area (Å²) in [6.07, 6.45) is 0.847. The Labute approximate surface area is 212 Å². The maximum absolute atomic E-state index is 12.8. The Morgan fingerprint density at radius 1 is 0.833 bits per heavy atom. The lowest BCUT2D eigenvalue weighted by Gasteiger charge is -2.30. The highest BCUT2D eigenvalue weighted by molar-refractivity contribution is 7.92. The van der Waals surface area contributed by atoms with Crippen LogP contribution in [0.5, 0.6) is 0 Å². The first-order chi connectivity index (χ1) is 17.1. The van der Waals surface area contributed by atoms with Crippen LogP contribution in [-0.4, -0.2) is 40.1 Å². The van der Waals surface area contributed by atoms with E-state index < -0.39 is 20.0 Å². The summed E-state index contributed by atoms with van der Waals surface area (Å²) in [6, 6.07) is 22.0. The van der Waals surface area contributed by atoms with Gasteiger partial charge in [0.05, 0.1) is 10.6 Å². The van der Waals surface area contributed by atoms with Crippen LogP contribution in [-0.2, 0) is 30.6 Å². The first kappa shape index (κ1) is 25.9.